The Balaban J connectivity index is 2.52. The van der Waals surface area contributed by atoms with Crippen molar-refractivity contribution in [1.82, 2.24) is 0 Å². The van der Waals surface area contributed by atoms with Gasteiger partial charge in [-0.1, -0.05) is 26.0 Å². The lowest BCUT2D eigenvalue weighted by Crippen LogP contribution is -2.18. The normalized spacial score (nSPS) is 10.8. The Labute approximate surface area is 98.9 Å². The summed E-state index contributed by atoms with van der Waals surface area (Å²) in [6.07, 6.45) is 1.92. The van der Waals surface area contributed by atoms with Gasteiger partial charge in [-0.25, -0.2) is 0 Å². The fraction of sp³-hybridized carbons (Fsp3) is 0.571. The quantitative estimate of drug-likeness (QED) is 0.746. The van der Waals surface area contributed by atoms with Crippen LogP contribution in [-0.2, 0) is 0 Å². The number of aliphatic hydroxyl groups is 1. The highest BCUT2D eigenvalue weighted by Crippen LogP contribution is 2.19. The van der Waals surface area contributed by atoms with Crippen LogP contribution in [0.4, 0.5) is 5.69 Å². The van der Waals surface area contributed by atoms with Gasteiger partial charge in [0, 0.05) is 25.9 Å². The molecule has 0 bridgehead atoms. The lowest BCUT2D eigenvalue weighted by molar-refractivity contribution is 0.285. The van der Waals surface area contributed by atoms with Gasteiger partial charge in [0.1, 0.15) is 0 Å². The standard InChI is InChI=1S/C14H23NO/c1-12(2)13-6-8-14(9-7-13)15(3)10-4-5-11-16/h6-9,12,16H,4-5,10-11H2,1-3H3. The fourth-order valence-corrected chi connectivity index (χ4v) is 1.70. The van der Waals surface area contributed by atoms with Gasteiger partial charge in [0.25, 0.3) is 0 Å². The molecule has 0 aliphatic carbocycles. The summed E-state index contributed by atoms with van der Waals surface area (Å²) in [5, 5.41) is 8.73. The van der Waals surface area contributed by atoms with E-state index in [1.807, 2.05) is 0 Å². The molecule has 1 N–H and O–H groups in total. The van der Waals surface area contributed by atoms with E-state index < -0.39 is 0 Å². The molecule has 90 valence electrons. The highest BCUT2D eigenvalue weighted by atomic mass is 16.2. The van der Waals surface area contributed by atoms with Crippen molar-refractivity contribution in [2.45, 2.75) is 32.6 Å². The number of nitrogens with zero attached hydrogens (tertiary/aromatic N) is 1. The van der Waals surface area contributed by atoms with Crippen LogP contribution in [0.1, 0.15) is 38.2 Å². The summed E-state index contributed by atoms with van der Waals surface area (Å²) >= 11 is 0. The second kappa shape index (κ2) is 6.54. The predicted molar refractivity (Wildman–Crippen MR) is 70.1 cm³/mol. The zero-order valence-corrected chi connectivity index (χ0v) is 10.6. The first-order valence-corrected chi connectivity index (χ1v) is 6.07. The minimum Gasteiger partial charge on any atom is -0.396 e. The molecule has 16 heavy (non-hydrogen) atoms. The third kappa shape index (κ3) is 3.86. The highest BCUT2D eigenvalue weighted by Gasteiger charge is 2.02. The number of rotatable bonds is 6. The van der Waals surface area contributed by atoms with Crippen molar-refractivity contribution in [3.63, 3.8) is 0 Å². The number of hydrogen-bond donors (Lipinski definition) is 1. The van der Waals surface area contributed by atoms with Crippen LogP contribution in [0.2, 0.25) is 0 Å². The van der Waals surface area contributed by atoms with E-state index >= 15 is 0 Å². The predicted octanol–water partition coefficient (Wildman–Crippen LogP) is 3.02. The molecule has 0 radical (unpaired) electrons. The molecule has 0 saturated heterocycles. The van der Waals surface area contributed by atoms with Crippen molar-refractivity contribution in [3.05, 3.63) is 29.8 Å². The number of aliphatic hydroxyl groups excluding tert-OH is 1. The van der Waals surface area contributed by atoms with Crippen molar-refractivity contribution >= 4 is 5.69 Å². The molecule has 0 aromatic heterocycles. The summed E-state index contributed by atoms with van der Waals surface area (Å²) in [6.45, 7) is 5.71. The van der Waals surface area contributed by atoms with Gasteiger partial charge in [0.2, 0.25) is 0 Å². The lowest BCUT2D eigenvalue weighted by Gasteiger charge is -2.19. The maximum Gasteiger partial charge on any atom is 0.0431 e. The van der Waals surface area contributed by atoms with Gasteiger partial charge < -0.3 is 10.0 Å². The molecule has 0 aliphatic rings. The first kappa shape index (κ1) is 13.0. The molecule has 0 aliphatic heterocycles. The van der Waals surface area contributed by atoms with E-state index in [2.05, 4.69) is 50.1 Å². The minimum absolute atomic E-state index is 0.292. The monoisotopic (exact) mass is 221 g/mol. The van der Waals surface area contributed by atoms with Crippen molar-refractivity contribution in [3.8, 4) is 0 Å². The molecule has 0 atom stereocenters. The molecular formula is C14H23NO. The van der Waals surface area contributed by atoms with E-state index in [9.17, 15) is 0 Å². The van der Waals surface area contributed by atoms with Crippen molar-refractivity contribution in [2.24, 2.45) is 0 Å². The van der Waals surface area contributed by atoms with E-state index in [4.69, 9.17) is 5.11 Å². The van der Waals surface area contributed by atoms with Gasteiger partial charge in [-0.3, -0.25) is 0 Å². The lowest BCUT2D eigenvalue weighted by atomic mass is 10.0. The third-order valence-electron chi connectivity index (χ3n) is 2.90. The zero-order chi connectivity index (χ0) is 12.0. The van der Waals surface area contributed by atoms with Gasteiger partial charge in [0.15, 0.2) is 0 Å². The molecule has 0 unspecified atom stereocenters. The third-order valence-corrected chi connectivity index (χ3v) is 2.90. The van der Waals surface area contributed by atoms with Crippen LogP contribution in [-0.4, -0.2) is 25.3 Å². The molecule has 1 rings (SSSR count). The van der Waals surface area contributed by atoms with Crippen molar-refractivity contribution in [1.29, 1.82) is 0 Å². The zero-order valence-electron chi connectivity index (χ0n) is 10.6. The van der Waals surface area contributed by atoms with E-state index in [0.29, 0.717) is 12.5 Å². The summed E-state index contributed by atoms with van der Waals surface area (Å²) in [5.74, 6) is 0.591. The maximum absolute atomic E-state index is 8.73. The van der Waals surface area contributed by atoms with E-state index in [1.165, 1.54) is 11.3 Å². The first-order valence-electron chi connectivity index (χ1n) is 6.07. The van der Waals surface area contributed by atoms with Crippen LogP contribution in [0.3, 0.4) is 0 Å². The molecule has 2 nitrogen and oxygen atoms in total. The molecule has 1 aromatic rings. The minimum atomic E-state index is 0.292. The number of hydrogen-bond acceptors (Lipinski definition) is 2. The van der Waals surface area contributed by atoms with Crippen LogP contribution < -0.4 is 4.90 Å². The maximum atomic E-state index is 8.73. The molecule has 2 heteroatoms. The van der Waals surface area contributed by atoms with Crippen LogP contribution in [0, 0.1) is 0 Å². The topological polar surface area (TPSA) is 23.5 Å². The number of unbranched alkanes of at least 4 members (excludes halogenated alkanes) is 1. The number of benzene rings is 1. The second-order valence-electron chi connectivity index (χ2n) is 4.60. The fourth-order valence-electron chi connectivity index (χ4n) is 1.70. The molecule has 0 amide bonds. The Morgan fingerprint density at radius 1 is 1.12 bits per heavy atom. The average molecular weight is 221 g/mol. The average Bonchev–Trinajstić information content (AvgIpc) is 2.29. The Hall–Kier alpha value is -1.02. The molecule has 0 fully saturated rings. The summed E-state index contributed by atoms with van der Waals surface area (Å²) in [7, 11) is 2.10. The summed E-state index contributed by atoms with van der Waals surface area (Å²) in [6, 6.07) is 8.74. The first-order chi connectivity index (χ1) is 7.65. The largest absolute Gasteiger partial charge is 0.396 e. The van der Waals surface area contributed by atoms with Crippen LogP contribution >= 0.6 is 0 Å². The highest BCUT2D eigenvalue weighted by molar-refractivity contribution is 5.47. The van der Waals surface area contributed by atoms with Gasteiger partial charge >= 0.3 is 0 Å². The smallest absolute Gasteiger partial charge is 0.0431 e. The number of anilines is 1. The van der Waals surface area contributed by atoms with Gasteiger partial charge in [-0.2, -0.15) is 0 Å². The summed E-state index contributed by atoms with van der Waals surface area (Å²) in [5.41, 5.74) is 2.63. The summed E-state index contributed by atoms with van der Waals surface area (Å²) in [4.78, 5) is 2.24. The molecule has 0 saturated carbocycles. The van der Waals surface area contributed by atoms with E-state index in [0.717, 1.165) is 19.4 Å². The SMILES string of the molecule is CC(C)c1ccc(N(C)CCCCO)cc1. The van der Waals surface area contributed by atoms with E-state index in [1.54, 1.807) is 0 Å². The molecule has 1 aromatic carbocycles. The van der Waals surface area contributed by atoms with Crippen molar-refractivity contribution in [2.75, 3.05) is 25.1 Å². The van der Waals surface area contributed by atoms with Crippen molar-refractivity contribution < 1.29 is 5.11 Å². The molecule has 0 spiro atoms. The van der Waals surface area contributed by atoms with Gasteiger partial charge in [-0.05, 0) is 36.5 Å². The summed E-state index contributed by atoms with van der Waals surface area (Å²) < 4.78 is 0. The second-order valence-corrected chi connectivity index (χ2v) is 4.60. The van der Waals surface area contributed by atoms with E-state index in [-0.39, 0.29) is 0 Å². The van der Waals surface area contributed by atoms with Crippen LogP contribution in [0.15, 0.2) is 24.3 Å². The molecular weight excluding hydrogens is 198 g/mol. The molecule has 0 heterocycles. The van der Waals surface area contributed by atoms with Gasteiger partial charge in [-0.15, -0.1) is 0 Å². The Morgan fingerprint density at radius 2 is 1.75 bits per heavy atom. The van der Waals surface area contributed by atoms with Crippen LogP contribution in [0.25, 0.3) is 0 Å². The Kier molecular flexibility index (Phi) is 5.33. The van der Waals surface area contributed by atoms with Gasteiger partial charge in [0.05, 0.1) is 0 Å². The Bertz CT molecular complexity index is 292. The van der Waals surface area contributed by atoms with Crippen LogP contribution in [0.5, 0.6) is 0 Å². The Morgan fingerprint density at radius 3 is 2.25 bits per heavy atom.